The summed E-state index contributed by atoms with van der Waals surface area (Å²) in [6.07, 6.45) is 25.6. The molecule has 2 unspecified atom stereocenters. The summed E-state index contributed by atoms with van der Waals surface area (Å²) in [6.45, 7) is 11.9. The van der Waals surface area contributed by atoms with Crippen LogP contribution in [0.3, 0.4) is 0 Å². The molecule has 0 amide bonds. The molecule has 4 rings (SSSR count). The third-order valence-electron chi connectivity index (χ3n) is 8.88. The Morgan fingerprint density at radius 1 is 0.310 bits per heavy atom. The second-order valence-electron chi connectivity index (χ2n) is 12.2. The lowest BCUT2D eigenvalue weighted by atomic mass is 9.71. The van der Waals surface area contributed by atoms with Crippen LogP contribution in [0.1, 0.15) is 144 Å². The summed E-state index contributed by atoms with van der Waals surface area (Å²) >= 11 is 0. The molecule has 4 aliphatic carbocycles. The van der Waals surface area contributed by atoms with Crippen molar-refractivity contribution in [2.75, 3.05) is 0 Å². The highest BCUT2D eigenvalue weighted by Crippen LogP contribution is 2.39. The van der Waals surface area contributed by atoms with E-state index in [1.807, 2.05) is 0 Å². The Balaban J connectivity index is 0.000000164. The van der Waals surface area contributed by atoms with Crippen LogP contribution in [0.2, 0.25) is 0 Å². The molecular weight excluding hydrogens is 348 g/mol. The summed E-state index contributed by atoms with van der Waals surface area (Å²) in [5.41, 5.74) is 0. The van der Waals surface area contributed by atoms with Crippen molar-refractivity contribution in [3.8, 4) is 0 Å². The molecule has 0 heteroatoms. The molecule has 0 N–H and O–H groups in total. The van der Waals surface area contributed by atoms with E-state index in [1.54, 1.807) is 25.7 Å². The molecule has 0 saturated heterocycles. The van der Waals surface area contributed by atoms with Gasteiger partial charge in [-0.25, -0.2) is 0 Å². The van der Waals surface area contributed by atoms with E-state index < -0.39 is 0 Å². The highest BCUT2D eigenvalue weighted by Gasteiger charge is 2.26. The van der Waals surface area contributed by atoms with Crippen molar-refractivity contribution < 1.29 is 0 Å². The van der Waals surface area contributed by atoms with Crippen molar-refractivity contribution in [1.82, 2.24) is 0 Å². The first-order valence-electron chi connectivity index (χ1n) is 13.9. The van der Waals surface area contributed by atoms with E-state index in [-0.39, 0.29) is 0 Å². The topological polar surface area (TPSA) is 0 Å². The van der Waals surface area contributed by atoms with Crippen LogP contribution in [0.15, 0.2) is 0 Å². The molecule has 0 aromatic carbocycles. The van der Waals surface area contributed by atoms with E-state index in [0.717, 1.165) is 41.4 Å². The Labute approximate surface area is 185 Å². The van der Waals surface area contributed by atoms with E-state index in [4.69, 9.17) is 0 Å². The zero-order chi connectivity index (χ0) is 21.1. The van der Waals surface area contributed by atoms with E-state index in [1.165, 1.54) is 83.5 Å². The third-order valence-corrected chi connectivity index (χ3v) is 8.88. The third kappa shape index (κ3) is 10.7. The second-order valence-corrected chi connectivity index (χ2v) is 12.2. The summed E-state index contributed by atoms with van der Waals surface area (Å²) in [5, 5.41) is 0. The van der Waals surface area contributed by atoms with Gasteiger partial charge in [0.25, 0.3) is 0 Å². The minimum Gasteiger partial charge on any atom is -0.0625 e. The first kappa shape index (κ1) is 25.3. The minimum absolute atomic E-state index is 1.01. The molecule has 0 radical (unpaired) electrons. The molecule has 4 aliphatic rings. The SMILES string of the molecule is CC1CCC(C)CC1.CC1CCC(C2CCCCC2)CC1.CC1CCCC(C)C1. The highest BCUT2D eigenvalue weighted by molar-refractivity contribution is 4.78. The van der Waals surface area contributed by atoms with Gasteiger partial charge in [0.15, 0.2) is 0 Å². The molecular formula is C29H56. The van der Waals surface area contributed by atoms with Gasteiger partial charge >= 0.3 is 0 Å². The predicted molar refractivity (Wildman–Crippen MR) is 131 cm³/mol. The molecule has 0 heterocycles. The fourth-order valence-electron chi connectivity index (χ4n) is 6.53. The summed E-state index contributed by atoms with van der Waals surface area (Å²) in [6, 6.07) is 0. The lowest BCUT2D eigenvalue weighted by Crippen LogP contribution is -2.22. The van der Waals surface area contributed by atoms with Gasteiger partial charge in [0.05, 0.1) is 0 Å². The molecule has 0 nitrogen and oxygen atoms in total. The molecule has 0 bridgehead atoms. The maximum Gasteiger partial charge on any atom is -0.0386 e. The van der Waals surface area contributed by atoms with Crippen LogP contribution in [-0.4, -0.2) is 0 Å². The second kappa shape index (κ2) is 14.1. The zero-order valence-electron chi connectivity index (χ0n) is 21.1. The van der Waals surface area contributed by atoms with Gasteiger partial charge in [-0.2, -0.15) is 0 Å². The number of hydrogen-bond donors (Lipinski definition) is 0. The fraction of sp³-hybridized carbons (Fsp3) is 1.00. The van der Waals surface area contributed by atoms with Gasteiger partial charge in [-0.15, -0.1) is 0 Å². The van der Waals surface area contributed by atoms with Crippen LogP contribution < -0.4 is 0 Å². The Kier molecular flexibility index (Phi) is 12.3. The molecule has 4 saturated carbocycles. The molecule has 172 valence electrons. The molecule has 0 aliphatic heterocycles. The molecule has 0 spiro atoms. The van der Waals surface area contributed by atoms with E-state index >= 15 is 0 Å². The monoisotopic (exact) mass is 404 g/mol. The average molecular weight is 405 g/mol. The Morgan fingerprint density at radius 3 is 1.07 bits per heavy atom. The van der Waals surface area contributed by atoms with E-state index in [0.29, 0.717) is 0 Å². The van der Waals surface area contributed by atoms with Gasteiger partial charge in [0.1, 0.15) is 0 Å². The summed E-state index contributed by atoms with van der Waals surface area (Å²) in [4.78, 5) is 0. The molecule has 0 aromatic heterocycles. The summed E-state index contributed by atoms with van der Waals surface area (Å²) < 4.78 is 0. The highest BCUT2D eigenvalue weighted by atomic mass is 14.3. The van der Waals surface area contributed by atoms with Gasteiger partial charge in [-0.1, -0.05) is 125 Å². The fourth-order valence-corrected chi connectivity index (χ4v) is 6.53. The van der Waals surface area contributed by atoms with Crippen molar-refractivity contribution in [3.63, 3.8) is 0 Å². The lowest BCUT2D eigenvalue weighted by molar-refractivity contribution is 0.173. The summed E-state index contributed by atoms with van der Waals surface area (Å²) in [5.74, 6) is 7.34. The van der Waals surface area contributed by atoms with Crippen molar-refractivity contribution in [3.05, 3.63) is 0 Å². The van der Waals surface area contributed by atoms with E-state index in [9.17, 15) is 0 Å². The maximum atomic E-state index is 2.43. The van der Waals surface area contributed by atoms with Crippen LogP contribution in [-0.2, 0) is 0 Å². The van der Waals surface area contributed by atoms with Crippen LogP contribution in [0.25, 0.3) is 0 Å². The van der Waals surface area contributed by atoms with E-state index in [2.05, 4.69) is 34.6 Å². The van der Waals surface area contributed by atoms with Crippen molar-refractivity contribution >= 4 is 0 Å². The normalized spacial score (nSPS) is 38.8. The number of hydrogen-bond acceptors (Lipinski definition) is 0. The maximum absolute atomic E-state index is 2.43. The molecule has 29 heavy (non-hydrogen) atoms. The minimum atomic E-state index is 1.01. The molecule has 0 aromatic rings. The van der Waals surface area contributed by atoms with Crippen molar-refractivity contribution in [2.24, 2.45) is 41.4 Å². The zero-order valence-corrected chi connectivity index (χ0v) is 21.1. The van der Waals surface area contributed by atoms with Crippen molar-refractivity contribution in [1.29, 1.82) is 0 Å². The first-order chi connectivity index (χ1) is 13.9. The largest absolute Gasteiger partial charge is 0.0625 e. The van der Waals surface area contributed by atoms with Gasteiger partial charge < -0.3 is 0 Å². The van der Waals surface area contributed by atoms with Gasteiger partial charge in [0, 0.05) is 0 Å². The molecule has 2 atom stereocenters. The van der Waals surface area contributed by atoms with Gasteiger partial charge in [-0.05, 0) is 60.7 Å². The summed E-state index contributed by atoms with van der Waals surface area (Å²) in [7, 11) is 0. The Morgan fingerprint density at radius 2 is 0.690 bits per heavy atom. The molecule has 4 fully saturated rings. The Hall–Kier alpha value is 0. The Bertz CT molecular complexity index is 359. The van der Waals surface area contributed by atoms with Crippen molar-refractivity contribution in [2.45, 2.75) is 144 Å². The standard InChI is InChI=1S/C13H24.2C8H16/c1-11-7-9-13(10-8-11)12-5-3-2-4-6-12;1-7-3-5-8(2)6-4-7;1-7-4-3-5-8(2)6-7/h11-13H,2-10H2,1H3;2*7-8H,3-6H2,1-2H3. The van der Waals surface area contributed by atoms with Crippen LogP contribution in [0.4, 0.5) is 0 Å². The first-order valence-corrected chi connectivity index (χ1v) is 13.9. The smallest absolute Gasteiger partial charge is 0.0386 e. The lowest BCUT2D eigenvalue weighted by Gasteiger charge is -2.34. The van der Waals surface area contributed by atoms with Crippen LogP contribution >= 0.6 is 0 Å². The van der Waals surface area contributed by atoms with Crippen LogP contribution in [0.5, 0.6) is 0 Å². The number of rotatable bonds is 1. The quantitative estimate of drug-likeness (QED) is 0.407. The van der Waals surface area contributed by atoms with Gasteiger partial charge in [0.2, 0.25) is 0 Å². The van der Waals surface area contributed by atoms with Crippen LogP contribution in [0, 0.1) is 41.4 Å². The van der Waals surface area contributed by atoms with Gasteiger partial charge in [-0.3, -0.25) is 0 Å². The predicted octanol–water partition coefficient (Wildman–Crippen LogP) is 10.1. The average Bonchev–Trinajstić information content (AvgIpc) is 2.72.